The van der Waals surface area contributed by atoms with E-state index in [-0.39, 0.29) is 17.7 Å². The second kappa shape index (κ2) is 9.52. The van der Waals surface area contributed by atoms with Crippen molar-refractivity contribution < 1.29 is 18.8 Å². The summed E-state index contributed by atoms with van der Waals surface area (Å²) in [4.78, 5) is 38.7. The zero-order chi connectivity index (χ0) is 21.7. The van der Waals surface area contributed by atoms with Gasteiger partial charge in [0.15, 0.2) is 0 Å². The molecule has 0 bridgehead atoms. The summed E-state index contributed by atoms with van der Waals surface area (Å²) >= 11 is 0. The van der Waals surface area contributed by atoms with Crippen molar-refractivity contribution in [2.24, 2.45) is 5.92 Å². The second-order valence-corrected chi connectivity index (χ2v) is 7.74. The van der Waals surface area contributed by atoms with Crippen LogP contribution in [-0.2, 0) is 16.1 Å². The molecule has 1 aliphatic rings. The topological polar surface area (TPSA) is 78.5 Å². The van der Waals surface area contributed by atoms with Crippen LogP contribution in [0, 0.1) is 11.7 Å². The molecule has 0 aliphatic carbocycles. The Bertz CT molecular complexity index is 910. The molecule has 0 saturated carbocycles. The first-order valence-corrected chi connectivity index (χ1v) is 10.1. The van der Waals surface area contributed by atoms with Crippen LogP contribution in [0.3, 0.4) is 0 Å². The van der Waals surface area contributed by atoms with Crippen LogP contribution < -0.4 is 15.5 Å². The minimum Gasteiger partial charge on any atom is -0.350 e. The van der Waals surface area contributed by atoms with Gasteiger partial charge in [-0.3, -0.25) is 14.4 Å². The number of halogens is 1. The highest BCUT2D eigenvalue weighted by Gasteiger charge is 2.25. The predicted molar refractivity (Wildman–Crippen MR) is 112 cm³/mol. The maximum atomic E-state index is 13.0. The van der Waals surface area contributed by atoms with Crippen molar-refractivity contribution in [1.29, 1.82) is 0 Å². The maximum Gasteiger partial charge on any atom is 0.251 e. The molecule has 3 amide bonds. The average Bonchev–Trinajstić information content (AvgIpc) is 3.16. The lowest BCUT2D eigenvalue weighted by molar-refractivity contribution is -0.124. The van der Waals surface area contributed by atoms with Gasteiger partial charge in [0.2, 0.25) is 11.8 Å². The number of hydrogen-bond donors (Lipinski definition) is 2. The highest BCUT2D eigenvalue weighted by atomic mass is 19.1. The molecule has 7 heteroatoms. The van der Waals surface area contributed by atoms with E-state index in [0.29, 0.717) is 18.5 Å². The summed E-state index contributed by atoms with van der Waals surface area (Å²) < 4.78 is 13.0. The van der Waals surface area contributed by atoms with Gasteiger partial charge in [-0.05, 0) is 54.3 Å². The molecule has 158 valence electrons. The lowest BCUT2D eigenvalue weighted by atomic mass is 10.0. The molecule has 2 N–H and O–H groups in total. The summed E-state index contributed by atoms with van der Waals surface area (Å²) in [6, 6.07) is 12.0. The van der Waals surface area contributed by atoms with E-state index in [1.165, 1.54) is 24.3 Å². The van der Waals surface area contributed by atoms with E-state index in [1.54, 1.807) is 4.90 Å². The molecule has 2 aromatic rings. The SMILES string of the molecule is CC(C)[C@H](NC(=O)c1ccc(F)cc1)C(=O)NCc1ccc(N2CCCC2=O)cc1. The lowest BCUT2D eigenvalue weighted by Crippen LogP contribution is -2.49. The van der Waals surface area contributed by atoms with Crippen LogP contribution in [0.1, 0.15) is 42.6 Å². The van der Waals surface area contributed by atoms with Gasteiger partial charge in [0.05, 0.1) is 0 Å². The Hall–Kier alpha value is -3.22. The Kier molecular flexibility index (Phi) is 6.82. The van der Waals surface area contributed by atoms with Crippen LogP contribution >= 0.6 is 0 Å². The van der Waals surface area contributed by atoms with Crippen LogP contribution in [0.15, 0.2) is 48.5 Å². The van der Waals surface area contributed by atoms with Gasteiger partial charge in [-0.1, -0.05) is 26.0 Å². The van der Waals surface area contributed by atoms with Gasteiger partial charge in [0.25, 0.3) is 5.91 Å². The quantitative estimate of drug-likeness (QED) is 0.735. The normalized spacial score (nSPS) is 14.7. The highest BCUT2D eigenvalue weighted by molar-refractivity contribution is 5.97. The summed E-state index contributed by atoms with van der Waals surface area (Å²) in [5, 5.41) is 5.57. The number of nitrogens with zero attached hydrogens (tertiary/aromatic N) is 1. The van der Waals surface area contributed by atoms with Crippen LogP contribution in [0.5, 0.6) is 0 Å². The van der Waals surface area contributed by atoms with Crippen molar-refractivity contribution in [3.05, 3.63) is 65.5 Å². The zero-order valence-electron chi connectivity index (χ0n) is 17.2. The van der Waals surface area contributed by atoms with Crippen molar-refractivity contribution in [3.8, 4) is 0 Å². The summed E-state index contributed by atoms with van der Waals surface area (Å²) in [6.45, 7) is 4.73. The van der Waals surface area contributed by atoms with Gasteiger partial charge in [0.1, 0.15) is 11.9 Å². The average molecular weight is 411 g/mol. The largest absolute Gasteiger partial charge is 0.350 e. The minimum atomic E-state index is -0.718. The molecule has 1 fully saturated rings. The molecule has 0 spiro atoms. The minimum absolute atomic E-state index is 0.127. The molecule has 30 heavy (non-hydrogen) atoms. The Labute approximate surface area is 175 Å². The molecule has 3 rings (SSSR count). The smallest absolute Gasteiger partial charge is 0.251 e. The van der Waals surface area contributed by atoms with E-state index in [1.807, 2.05) is 38.1 Å². The number of hydrogen-bond acceptors (Lipinski definition) is 3. The molecular weight excluding hydrogens is 385 g/mol. The van der Waals surface area contributed by atoms with Crippen molar-refractivity contribution >= 4 is 23.4 Å². The Morgan fingerprint density at radius 1 is 1.07 bits per heavy atom. The first kappa shape index (κ1) is 21.5. The standard InChI is InChI=1S/C23H26FN3O3/c1-15(2)21(26-22(29)17-7-9-18(24)10-8-17)23(30)25-14-16-5-11-19(12-6-16)27-13-3-4-20(27)28/h5-12,15,21H,3-4,13-14H2,1-2H3,(H,25,30)(H,26,29)/t21-/m0/s1. The Morgan fingerprint density at radius 3 is 2.30 bits per heavy atom. The third-order valence-electron chi connectivity index (χ3n) is 5.13. The molecule has 1 saturated heterocycles. The summed E-state index contributed by atoms with van der Waals surface area (Å²) in [6.07, 6.45) is 1.45. The predicted octanol–water partition coefficient (Wildman–Crippen LogP) is 3.02. The molecule has 2 aromatic carbocycles. The van der Waals surface area contributed by atoms with Crippen LogP contribution in [0.4, 0.5) is 10.1 Å². The van der Waals surface area contributed by atoms with E-state index in [0.717, 1.165) is 24.2 Å². The lowest BCUT2D eigenvalue weighted by Gasteiger charge is -2.22. The summed E-state index contributed by atoms with van der Waals surface area (Å²) in [7, 11) is 0. The van der Waals surface area contributed by atoms with Gasteiger partial charge in [-0.2, -0.15) is 0 Å². The van der Waals surface area contributed by atoms with Crippen molar-refractivity contribution in [1.82, 2.24) is 10.6 Å². The number of nitrogens with one attached hydrogen (secondary N) is 2. The van der Waals surface area contributed by atoms with Gasteiger partial charge >= 0.3 is 0 Å². The first-order valence-electron chi connectivity index (χ1n) is 10.1. The molecule has 6 nitrogen and oxygen atoms in total. The monoisotopic (exact) mass is 411 g/mol. The third-order valence-corrected chi connectivity index (χ3v) is 5.13. The van der Waals surface area contributed by atoms with E-state index in [4.69, 9.17) is 0 Å². The molecule has 1 aliphatic heterocycles. The summed E-state index contributed by atoms with van der Waals surface area (Å²) in [5.74, 6) is -1.14. The van der Waals surface area contributed by atoms with E-state index in [2.05, 4.69) is 10.6 Å². The van der Waals surface area contributed by atoms with E-state index >= 15 is 0 Å². The fraction of sp³-hybridized carbons (Fsp3) is 0.348. The van der Waals surface area contributed by atoms with Crippen molar-refractivity contribution in [2.75, 3.05) is 11.4 Å². The van der Waals surface area contributed by atoms with Gasteiger partial charge in [0, 0.05) is 30.8 Å². The third kappa shape index (κ3) is 5.23. The van der Waals surface area contributed by atoms with Gasteiger partial charge < -0.3 is 15.5 Å². The molecule has 0 unspecified atom stereocenters. The molecular formula is C23H26FN3O3. The van der Waals surface area contributed by atoms with Crippen LogP contribution in [0.25, 0.3) is 0 Å². The van der Waals surface area contributed by atoms with Gasteiger partial charge in [-0.15, -0.1) is 0 Å². The maximum absolute atomic E-state index is 13.0. The first-order chi connectivity index (χ1) is 14.3. The number of amides is 3. The fourth-order valence-electron chi connectivity index (χ4n) is 3.37. The zero-order valence-corrected chi connectivity index (χ0v) is 17.2. The molecule has 0 radical (unpaired) electrons. The van der Waals surface area contributed by atoms with Crippen molar-refractivity contribution in [2.45, 2.75) is 39.3 Å². The number of anilines is 1. The number of rotatable bonds is 7. The van der Waals surface area contributed by atoms with E-state index < -0.39 is 17.8 Å². The van der Waals surface area contributed by atoms with Crippen LogP contribution in [0.2, 0.25) is 0 Å². The second-order valence-electron chi connectivity index (χ2n) is 7.74. The Balaban J connectivity index is 1.57. The Morgan fingerprint density at radius 2 is 1.73 bits per heavy atom. The van der Waals surface area contributed by atoms with Gasteiger partial charge in [-0.25, -0.2) is 4.39 Å². The van der Waals surface area contributed by atoms with Crippen molar-refractivity contribution in [3.63, 3.8) is 0 Å². The number of carbonyl (C=O) groups is 3. The molecule has 1 atom stereocenters. The number of benzene rings is 2. The van der Waals surface area contributed by atoms with Crippen LogP contribution in [-0.4, -0.2) is 30.3 Å². The summed E-state index contributed by atoms with van der Waals surface area (Å²) in [5.41, 5.74) is 2.05. The molecule has 0 aromatic heterocycles. The fourth-order valence-corrected chi connectivity index (χ4v) is 3.37. The highest BCUT2D eigenvalue weighted by Crippen LogP contribution is 2.21. The molecule has 1 heterocycles. The number of carbonyl (C=O) groups excluding carboxylic acids is 3. The van der Waals surface area contributed by atoms with E-state index in [9.17, 15) is 18.8 Å².